The third-order valence-corrected chi connectivity index (χ3v) is 7.84. The fraction of sp³-hybridized carbons (Fsp3) is 0.950. The predicted molar refractivity (Wildman–Crippen MR) is 132 cm³/mol. The van der Waals surface area contributed by atoms with E-state index in [1.165, 1.54) is 0 Å². The highest BCUT2D eigenvalue weighted by atomic mass is 127. The lowest BCUT2D eigenvalue weighted by molar-refractivity contribution is 0.0899. The summed E-state index contributed by atoms with van der Waals surface area (Å²) in [6, 6.07) is 0.899. The van der Waals surface area contributed by atoms with Crippen LogP contribution in [0.15, 0.2) is 4.99 Å². The molecule has 0 aromatic carbocycles. The van der Waals surface area contributed by atoms with Crippen LogP contribution in [0.3, 0.4) is 0 Å². The Hall–Kier alpha value is 0.0700. The summed E-state index contributed by atoms with van der Waals surface area (Å²) in [4.78, 5) is 9.47. The summed E-state index contributed by atoms with van der Waals surface area (Å²) in [5.74, 6) is 2.26. The van der Waals surface area contributed by atoms with Crippen molar-refractivity contribution in [1.29, 1.82) is 0 Å². The van der Waals surface area contributed by atoms with Gasteiger partial charge >= 0.3 is 0 Å². The molecule has 166 valence electrons. The first-order chi connectivity index (χ1) is 12.9. The monoisotopic (exact) mass is 527 g/mol. The summed E-state index contributed by atoms with van der Waals surface area (Å²) in [7, 11) is 3.36. The molecule has 4 atom stereocenters. The number of nitrogens with one attached hydrogen (secondary N) is 2. The molecular formula is C20H42IN5OS. The Balaban J connectivity index is 0.00000392. The number of hydrogen-bond acceptors (Lipinski definition) is 4. The first kappa shape index (κ1) is 26.1. The largest absolute Gasteiger partial charge is 0.355 e. The number of aliphatic imine (C=N–C) groups is 1. The van der Waals surface area contributed by atoms with Crippen molar-refractivity contribution in [2.45, 2.75) is 63.8 Å². The van der Waals surface area contributed by atoms with Gasteiger partial charge in [-0.15, -0.1) is 24.0 Å². The van der Waals surface area contributed by atoms with Crippen molar-refractivity contribution in [3.8, 4) is 0 Å². The Bertz CT molecular complexity index is 497. The van der Waals surface area contributed by atoms with Crippen LogP contribution in [0.25, 0.3) is 0 Å². The lowest BCUT2D eigenvalue weighted by atomic mass is 9.95. The summed E-state index contributed by atoms with van der Waals surface area (Å²) in [5.41, 5.74) is 0. The molecule has 1 saturated heterocycles. The molecule has 28 heavy (non-hydrogen) atoms. The van der Waals surface area contributed by atoms with E-state index in [2.05, 4.69) is 46.3 Å². The van der Waals surface area contributed by atoms with Crippen LogP contribution in [0.4, 0.5) is 0 Å². The Morgan fingerprint density at radius 1 is 1.21 bits per heavy atom. The first-order valence-corrected chi connectivity index (χ1v) is 12.1. The quantitative estimate of drug-likeness (QED) is 0.302. The number of halogens is 1. The minimum absolute atomic E-state index is 0. The molecule has 1 aliphatic heterocycles. The zero-order valence-corrected chi connectivity index (χ0v) is 21.6. The van der Waals surface area contributed by atoms with Gasteiger partial charge in [-0.2, -0.15) is 0 Å². The van der Waals surface area contributed by atoms with Crippen molar-refractivity contribution in [3.63, 3.8) is 0 Å². The van der Waals surface area contributed by atoms with Crippen LogP contribution >= 0.6 is 24.0 Å². The van der Waals surface area contributed by atoms with Crippen LogP contribution in [0.5, 0.6) is 0 Å². The van der Waals surface area contributed by atoms with Crippen molar-refractivity contribution < 1.29 is 4.21 Å². The Labute approximate surface area is 192 Å². The number of nitrogens with zero attached hydrogens (tertiary/aromatic N) is 3. The highest BCUT2D eigenvalue weighted by Gasteiger charge is 2.27. The summed E-state index contributed by atoms with van der Waals surface area (Å²) in [6.45, 7) is 12.1. The standard InChI is InChI=1S/C20H41N5OS.HI/c1-6-27(26)18-9-7-8-17(14-18)23-20(21-4)22-15-19(16(2)3)25-12-10-24(5)11-13-25;/h16-19H,6-15H2,1-5H3,(H2,21,22,23);1H. The van der Waals surface area contributed by atoms with Gasteiger partial charge in [-0.25, -0.2) is 0 Å². The van der Waals surface area contributed by atoms with E-state index in [0.717, 1.165) is 70.1 Å². The average molecular weight is 528 g/mol. The van der Waals surface area contributed by atoms with Gasteiger partial charge in [0.15, 0.2) is 5.96 Å². The molecule has 0 radical (unpaired) electrons. The van der Waals surface area contributed by atoms with Crippen LogP contribution in [-0.4, -0.2) is 89.9 Å². The Morgan fingerprint density at radius 2 is 1.89 bits per heavy atom. The zero-order chi connectivity index (χ0) is 19.8. The average Bonchev–Trinajstić information content (AvgIpc) is 2.67. The highest BCUT2D eigenvalue weighted by molar-refractivity contribution is 14.0. The molecule has 1 aliphatic carbocycles. The maximum absolute atomic E-state index is 12.2. The molecule has 0 amide bonds. The molecule has 0 spiro atoms. The molecule has 1 saturated carbocycles. The minimum Gasteiger partial charge on any atom is -0.355 e. The SMILES string of the molecule is CCS(=O)C1CCCC(NC(=NC)NCC(C(C)C)N2CCN(C)CC2)C1.I. The lowest BCUT2D eigenvalue weighted by Crippen LogP contribution is -2.56. The maximum atomic E-state index is 12.2. The van der Waals surface area contributed by atoms with Gasteiger partial charge in [0.05, 0.1) is 0 Å². The number of guanidine groups is 1. The Morgan fingerprint density at radius 3 is 2.46 bits per heavy atom. The highest BCUT2D eigenvalue weighted by Crippen LogP contribution is 2.23. The second kappa shape index (κ2) is 13.4. The summed E-state index contributed by atoms with van der Waals surface area (Å²) in [6.07, 6.45) is 4.39. The maximum Gasteiger partial charge on any atom is 0.191 e. The van der Waals surface area contributed by atoms with Crippen LogP contribution in [-0.2, 0) is 10.8 Å². The fourth-order valence-electron chi connectivity index (χ4n) is 4.28. The first-order valence-electron chi connectivity index (χ1n) is 10.7. The second-order valence-electron chi connectivity index (χ2n) is 8.40. The van der Waals surface area contributed by atoms with Gasteiger partial charge in [-0.05, 0) is 32.2 Å². The van der Waals surface area contributed by atoms with Crippen LogP contribution in [0.2, 0.25) is 0 Å². The number of rotatable bonds is 7. The van der Waals surface area contributed by atoms with E-state index in [1.54, 1.807) is 0 Å². The predicted octanol–water partition coefficient (Wildman–Crippen LogP) is 2.12. The molecule has 2 fully saturated rings. The van der Waals surface area contributed by atoms with E-state index in [1.807, 2.05) is 14.0 Å². The van der Waals surface area contributed by atoms with Crippen LogP contribution < -0.4 is 10.6 Å². The molecule has 2 N–H and O–H groups in total. The molecule has 2 rings (SSSR count). The molecule has 8 heteroatoms. The summed E-state index contributed by atoms with van der Waals surface area (Å²) >= 11 is 0. The summed E-state index contributed by atoms with van der Waals surface area (Å²) in [5, 5.41) is 7.51. The van der Waals surface area contributed by atoms with Gasteiger partial charge in [-0.3, -0.25) is 14.1 Å². The van der Waals surface area contributed by atoms with E-state index >= 15 is 0 Å². The van der Waals surface area contributed by atoms with Gasteiger partial charge in [0.25, 0.3) is 0 Å². The fourth-order valence-corrected chi connectivity index (χ4v) is 5.63. The van der Waals surface area contributed by atoms with Gasteiger partial charge in [0, 0.05) is 73.7 Å². The third-order valence-electron chi connectivity index (χ3n) is 6.10. The second-order valence-corrected chi connectivity index (χ2v) is 10.4. The van der Waals surface area contributed by atoms with E-state index < -0.39 is 10.8 Å². The minimum atomic E-state index is -0.685. The zero-order valence-electron chi connectivity index (χ0n) is 18.4. The van der Waals surface area contributed by atoms with Crippen LogP contribution in [0.1, 0.15) is 46.5 Å². The van der Waals surface area contributed by atoms with Crippen molar-refractivity contribution in [1.82, 2.24) is 20.4 Å². The smallest absolute Gasteiger partial charge is 0.191 e. The van der Waals surface area contributed by atoms with Gasteiger partial charge in [-0.1, -0.05) is 27.2 Å². The molecule has 2 aliphatic rings. The molecule has 0 bridgehead atoms. The molecule has 6 nitrogen and oxygen atoms in total. The van der Waals surface area contributed by atoms with E-state index in [-0.39, 0.29) is 24.0 Å². The van der Waals surface area contributed by atoms with Crippen molar-refractivity contribution in [2.75, 3.05) is 52.6 Å². The van der Waals surface area contributed by atoms with Crippen LogP contribution in [0, 0.1) is 5.92 Å². The van der Waals surface area contributed by atoms with Gasteiger partial charge in [0.1, 0.15) is 0 Å². The number of hydrogen-bond donors (Lipinski definition) is 2. The van der Waals surface area contributed by atoms with E-state index in [0.29, 0.717) is 23.3 Å². The van der Waals surface area contributed by atoms with Crippen molar-refractivity contribution in [3.05, 3.63) is 0 Å². The molecule has 0 aromatic heterocycles. The lowest BCUT2D eigenvalue weighted by Gasteiger charge is -2.40. The molecular weight excluding hydrogens is 485 g/mol. The topological polar surface area (TPSA) is 60.0 Å². The van der Waals surface area contributed by atoms with E-state index in [4.69, 9.17) is 0 Å². The van der Waals surface area contributed by atoms with E-state index in [9.17, 15) is 4.21 Å². The summed E-state index contributed by atoms with van der Waals surface area (Å²) < 4.78 is 12.2. The normalized spacial score (nSPS) is 27.1. The third kappa shape index (κ3) is 8.07. The van der Waals surface area contributed by atoms with Crippen molar-refractivity contribution >= 4 is 40.7 Å². The Kier molecular flexibility index (Phi) is 12.5. The number of likely N-dealkylation sites (N-methyl/N-ethyl adjacent to an activating group) is 1. The van der Waals surface area contributed by atoms with Gasteiger partial charge < -0.3 is 15.5 Å². The van der Waals surface area contributed by atoms with Crippen molar-refractivity contribution in [2.24, 2.45) is 10.9 Å². The molecule has 1 heterocycles. The molecule has 4 unspecified atom stereocenters. The van der Waals surface area contributed by atoms with Gasteiger partial charge in [0.2, 0.25) is 0 Å². The number of piperazine rings is 1. The molecule has 0 aromatic rings.